The van der Waals surface area contributed by atoms with Crippen LogP contribution in [-0.2, 0) is 0 Å². The van der Waals surface area contributed by atoms with E-state index in [2.05, 4.69) is 5.16 Å². The number of nitrogens with zero attached hydrogens (tertiary/aromatic N) is 1. The van der Waals surface area contributed by atoms with Crippen LogP contribution in [0.25, 0.3) is 22.5 Å². The van der Waals surface area contributed by atoms with Gasteiger partial charge in [-0.2, -0.15) is 0 Å². The molecule has 5 heteroatoms. The van der Waals surface area contributed by atoms with Gasteiger partial charge in [0.05, 0.1) is 15.6 Å². The van der Waals surface area contributed by atoms with Gasteiger partial charge in [0, 0.05) is 11.1 Å². The zero-order valence-electron chi connectivity index (χ0n) is 11.2. The second-order valence-electron chi connectivity index (χ2n) is 4.68. The summed E-state index contributed by atoms with van der Waals surface area (Å²) in [6.45, 7) is 1.99. The number of hydrogen-bond acceptors (Lipinski definition) is 3. The van der Waals surface area contributed by atoms with Crippen molar-refractivity contribution in [1.82, 2.24) is 5.16 Å². The van der Waals surface area contributed by atoms with E-state index in [1.165, 1.54) is 0 Å². The van der Waals surface area contributed by atoms with E-state index in [1.807, 2.05) is 31.2 Å². The number of aromatic nitrogens is 1. The maximum Gasteiger partial charge on any atom is 0.177 e. The van der Waals surface area contributed by atoms with Gasteiger partial charge in [-0.05, 0) is 24.6 Å². The summed E-state index contributed by atoms with van der Waals surface area (Å²) in [4.78, 5) is 0. The highest BCUT2D eigenvalue weighted by Gasteiger charge is 2.22. The molecule has 21 heavy (non-hydrogen) atoms. The normalized spacial score (nSPS) is 10.8. The van der Waals surface area contributed by atoms with Gasteiger partial charge >= 0.3 is 0 Å². The van der Waals surface area contributed by atoms with Crippen LogP contribution < -0.4 is 5.73 Å². The first kappa shape index (κ1) is 14.0. The lowest BCUT2D eigenvalue weighted by Gasteiger charge is -2.08. The van der Waals surface area contributed by atoms with Gasteiger partial charge in [0.2, 0.25) is 0 Å². The quantitative estimate of drug-likeness (QED) is 0.706. The summed E-state index contributed by atoms with van der Waals surface area (Å²) in [5.41, 5.74) is 9.20. The minimum Gasteiger partial charge on any atom is -0.380 e. The lowest BCUT2D eigenvalue weighted by Crippen LogP contribution is -1.91. The highest BCUT2D eigenvalue weighted by Crippen LogP contribution is 2.43. The summed E-state index contributed by atoms with van der Waals surface area (Å²) in [6, 6.07) is 13.1. The number of nitrogens with two attached hydrogens (primary N) is 1. The van der Waals surface area contributed by atoms with Crippen LogP contribution in [0.15, 0.2) is 47.0 Å². The van der Waals surface area contributed by atoms with Crippen LogP contribution in [0.4, 0.5) is 5.82 Å². The van der Waals surface area contributed by atoms with Crippen LogP contribution >= 0.6 is 23.2 Å². The van der Waals surface area contributed by atoms with Crippen LogP contribution in [0.2, 0.25) is 10.0 Å². The molecule has 3 rings (SSSR count). The predicted octanol–water partition coefficient (Wildman–Crippen LogP) is 5.21. The lowest BCUT2D eigenvalue weighted by molar-refractivity contribution is 0.436. The van der Waals surface area contributed by atoms with E-state index in [1.54, 1.807) is 18.2 Å². The van der Waals surface area contributed by atoms with Crippen molar-refractivity contribution < 1.29 is 4.52 Å². The summed E-state index contributed by atoms with van der Waals surface area (Å²) in [6.07, 6.45) is 0. The zero-order chi connectivity index (χ0) is 15.0. The Balaban J connectivity index is 2.31. The number of hydrogen-bond donors (Lipinski definition) is 1. The monoisotopic (exact) mass is 318 g/mol. The fourth-order valence-corrected chi connectivity index (χ4v) is 2.88. The van der Waals surface area contributed by atoms with Gasteiger partial charge in [0.15, 0.2) is 11.6 Å². The maximum absolute atomic E-state index is 6.28. The molecule has 0 aliphatic carbocycles. The molecule has 1 heterocycles. The molecule has 2 N–H and O–H groups in total. The molecule has 0 saturated carbocycles. The highest BCUT2D eigenvalue weighted by atomic mass is 35.5. The summed E-state index contributed by atoms with van der Waals surface area (Å²) in [5.74, 6) is 0.837. The molecule has 3 nitrogen and oxygen atoms in total. The molecular formula is C16H12Cl2N2O. The third kappa shape index (κ3) is 2.39. The molecule has 0 spiro atoms. The van der Waals surface area contributed by atoms with Crippen LogP contribution in [0, 0.1) is 6.92 Å². The summed E-state index contributed by atoms with van der Waals surface area (Å²) in [7, 11) is 0. The number of halogens is 2. The second-order valence-corrected chi connectivity index (χ2v) is 5.50. The minimum absolute atomic E-state index is 0.267. The van der Waals surface area contributed by atoms with E-state index in [9.17, 15) is 0 Å². The molecule has 2 aromatic carbocycles. The third-order valence-electron chi connectivity index (χ3n) is 3.32. The van der Waals surface area contributed by atoms with Crippen molar-refractivity contribution in [1.29, 1.82) is 0 Å². The Hall–Kier alpha value is -1.97. The van der Waals surface area contributed by atoms with Crippen LogP contribution in [-0.4, -0.2) is 5.16 Å². The molecule has 0 saturated heterocycles. The number of benzene rings is 2. The van der Waals surface area contributed by atoms with Crippen molar-refractivity contribution in [3.63, 3.8) is 0 Å². The third-order valence-corrected chi connectivity index (χ3v) is 3.95. The smallest absolute Gasteiger partial charge is 0.177 e. The number of nitrogen functional groups attached to an aromatic ring is 1. The molecule has 0 unspecified atom stereocenters. The number of anilines is 1. The van der Waals surface area contributed by atoms with Gasteiger partial charge in [0.1, 0.15) is 0 Å². The topological polar surface area (TPSA) is 52.0 Å². The Morgan fingerprint density at radius 3 is 2.29 bits per heavy atom. The van der Waals surface area contributed by atoms with Gasteiger partial charge < -0.3 is 10.3 Å². The van der Waals surface area contributed by atoms with Crippen LogP contribution in [0.3, 0.4) is 0 Å². The molecular weight excluding hydrogens is 307 g/mol. The van der Waals surface area contributed by atoms with Gasteiger partial charge in [-0.1, -0.05) is 58.7 Å². The zero-order valence-corrected chi connectivity index (χ0v) is 12.7. The average Bonchev–Trinajstić information content (AvgIpc) is 2.81. The SMILES string of the molecule is Cc1ccccc1-c1onc(N)c1-c1c(Cl)cccc1Cl. The first-order valence-electron chi connectivity index (χ1n) is 6.35. The Morgan fingerprint density at radius 2 is 1.62 bits per heavy atom. The molecule has 0 aliphatic heterocycles. The molecule has 3 aromatic rings. The van der Waals surface area contributed by atoms with Gasteiger partial charge in [0.25, 0.3) is 0 Å². The van der Waals surface area contributed by atoms with E-state index in [-0.39, 0.29) is 5.82 Å². The van der Waals surface area contributed by atoms with E-state index >= 15 is 0 Å². The highest BCUT2D eigenvalue weighted by molar-refractivity contribution is 6.39. The van der Waals surface area contributed by atoms with E-state index in [0.29, 0.717) is 26.9 Å². The maximum atomic E-state index is 6.28. The predicted molar refractivity (Wildman–Crippen MR) is 86.5 cm³/mol. The van der Waals surface area contributed by atoms with Crippen molar-refractivity contribution in [2.24, 2.45) is 0 Å². The number of aryl methyl sites for hydroxylation is 1. The first-order chi connectivity index (χ1) is 10.1. The first-order valence-corrected chi connectivity index (χ1v) is 7.10. The standard InChI is InChI=1S/C16H12Cl2N2O/c1-9-5-2-3-6-10(9)15-14(16(19)20-21-15)13-11(17)7-4-8-12(13)18/h2-8H,1H3,(H2,19,20). The summed E-state index contributed by atoms with van der Waals surface area (Å²) >= 11 is 12.6. The van der Waals surface area contributed by atoms with E-state index in [0.717, 1.165) is 11.1 Å². The fraction of sp³-hybridized carbons (Fsp3) is 0.0625. The molecule has 0 bridgehead atoms. The fourth-order valence-electron chi connectivity index (χ4n) is 2.29. The van der Waals surface area contributed by atoms with Crippen molar-refractivity contribution in [2.75, 3.05) is 5.73 Å². The van der Waals surface area contributed by atoms with Gasteiger partial charge in [-0.3, -0.25) is 0 Å². The molecule has 0 amide bonds. The van der Waals surface area contributed by atoms with Gasteiger partial charge in [-0.25, -0.2) is 0 Å². The van der Waals surface area contributed by atoms with Crippen LogP contribution in [0.5, 0.6) is 0 Å². The van der Waals surface area contributed by atoms with E-state index < -0.39 is 0 Å². The Bertz CT molecular complexity index is 792. The Labute approximate surface area is 132 Å². The molecule has 0 radical (unpaired) electrons. The van der Waals surface area contributed by atoms with Crippen molar-refractivity contribution in [3.8, 4) is 22.5 Å². The Morgan fingerprint density at radius 1 is 0.952 bits per heavy atom. The molecule has 0 fully saturated rings. The van der Waals surface area contributed by atoms with E-state index in [4.69, 9.17) is 33.5 Å². The average molecular weight is 319 g/mol. The van der Waals surface area contributed by atoms with Crippen molar-refractivity contribution in [2.45, 2.75) is 6.92 Å². The van der Waals surface area contributed by atoms with Crippen molar-refractivity contribution >= 4 is 29.0 Å². The molecule has 106 valence electrons. The second kappa shape index (κ2) is 5.43. The lowest BCUT2D eigenvalue weighted by atomic mass is 9.98. The Kier molecular flexibility index (Phi) is 3.62. The minimum atomic E-state index is 0.267. The summed E-state index contributed by atoms with van der Waals surface area (Å²) < 4.78 is 5.43. The van der Waals surface area contributed by atoms with Crippen LogP contribution in [0.1, 0.15) is 5.56 Å². The number of rotatable bonds is 2. The molecule has 1 aromatic heterocycles. The van der Waals surface area contributed by atoms with Gasteiger partial charge in [-0.15, -0.1) is 0 Å². The summed E-state index contributed by atoms with van der Waals surface area (Å²) in [5, 5.41) is 4.89. The largest absolute Gasteiger partial charge is 0.380 e. The van der Waals surface area contributed by atoms with Crippen molar-refractivity contribution in [3.05, 3.63) is 58.1 Å². The molecule has 0 aliphatic rings. The molecule has 0 atom stereocenters.